The maximum absolute atomic E-state index is 13.0. The van der Waals surface area contributed by atoms with Crippen molar-refractivity contribution in [3.63, 3.8) is 0 Å². The molecule has 2 amide bonds. The second-order valence-electron chi connectivity index (χ2n) is 10.8. The Bertz CT molecular complexity index is 951. The number of carbonyl (C=O) groups is 2. The summed E-state index contributed by atoms with van der Waals surface area (Å²) in [5.41, 5.74) is -0.230. The molecule has 0 spiro atoms. The highest BCUT2D eigenvalue weighted by Gasteiger charge is 2.54. The number of nitrogens with one attached hydrogen (secondary N) is 2. The van der Waals surface area contributed by atoms with E-state index in [-0.39, 0.29) is 29.7 Å². The molecule has 8 heteroatoms. The van der Waals surface area contributed by atoms with Crippen LogP contribution in [0.1, 0.15) is 51.4 Å². The van der Waals surface area contributed by atoms with Crippen molar-refractivity contribution in [2.24, 2.45) is 29.1 Å². The molecule has 1 aromatic rings. The van der Waals surface area contributed by atoms with Crippen LogP contribution in [0.5, 0.6) is 0 Å². The quantitative estimate of drug-likeness (QED) is 0.636. The topological polar surface area (TPSA) is 95.6 Å². The van der Waals surface area contributed by atoms with E-state index in [4.69, 9.17) is 0 Å². The van der Waals surface area contributed by atoms with Crippen molar-refractivity contribution in [3.05, 3.63) is 30.3 Å². The fourth-order valence-electron chi connectivity index (χ4n) is 7.15. The minimum absolute atomic E-state index is 0.0296. The van der Waals surface area contributed by atoms with E-state index >= 15 is 0 Å². The molecule has 1 aromatic carbocycles. The minimum atomic E-state index is -3.46. The number of sulfonamides is 1. The Kier molecular flexibility index (Phi) is 6.25. The van der Waals surface area contributed by atoms with Gasteiger partial charge in [-0.3, -0.25) is 9.59 Å². The van der Waals surface area contributed by atoms with Crippen molar-refractivity contribution < 1.29 is 18.0 Å². The molecule has 1 heterocycles. The molecule has 180 valence electrons. The first-order chi connectivity index (χ1) is 15.8. The Hall–Kier alpha value is -1.93. The largest absolute Gasteiger partial charge is 0.354 e. The molecule has 4 saturated carbocycles. The molecule has 4 aliphatic carbocycles. The molecule has 2 N–H and O–H groups in total. The summed E-state index contributed by atoms with van der Waals surface area (Å²) in [4.78, 5) is 25.7. The van der Waals surface area contributed by atoms with Gasteiger partial charge in [0.15, 0.2) is 0 Å². The van der Waals surface area contributed by atoms with Gasteiger partial charge >= 0.3 is 0 Å². The first-order valence-corrected chi connectivity index (χ1v) is 13.9. The SMILES string of the molecule is O=C(CNC(=O)C12CC3CC(CC(C3)C1)C2)NCC1CCN(S(=O)(=O)c2ccccc2)CC1. The van der Waals surface area contributed by atoms with Gasteiger partial charge in [0.25, 0.3) is 0 Å². The lowest BCUT2D eigenvalue weighted by Crippen LogP contribution is -2.54. The Balaban J connectivity index is 1.05. The number of benzene rings is 1. The summed E-state index contributed by atoms with van der Waals surface area (Å²) in [7, 11) is -3.46. The number of nitrogens with zero attached hydrogens (tertiary/aromatic N) is 1. The zero-order chi connectivity index (χ0) is 23.1. The summed E-state index contributed by atoms with van der Waals surface area (Å²) in [6.45, 7) is 1.47. The summed E-state index contributed by atoms with van der Waals surface area (Å²) in [6.07, 6.45) is 8.29. The third kappa shape index (κ3) is 4.69. The summed E-state index contributed by atoms with van der Waals surface area (Å²) in [6, 6.07) is 8.52. The van der Waals surface area contributed by atoms with Crippen LogP contribution in [-0.2, 0) is 19.6 Å². The average molecular weight is 474 g/mol. The highest BCUT2D eigenvalue weighted by atomic mass is 32.2. The smallest absolute Gasteiger partial charge is 0.243 e. The molecule has 33 heavy (non-hydrogen) atoms. The molecule has 7 nitrogen and oxygen atoms in total. The van der Waals surface area contributed by atoms with E-state index in [0.29, 0.717) is 55.1 Å². The van der Waals surface area contributed by atoms with Crippen molar-refractivity contribution in [1.82, 2.24) is 14.9 Å². The van der Waals surface area contributed by atoms with Gasteiger partial charge in [-0.15, -0.1) is 0 Å². The third-order valence-electron chi connectivity index (χ3n) is 8.47. The molecule has 5 aliphatic rings. The summed E-state index contributed by atoms with van der Waals surface area (Å²) in [5, 5.41) is 5.88. The number of hydrogen-bond acceptors (Lipinski definition) is 4. The van der Waals surface area contributed by atoms with Crippen LogP contribution in [-0.4, -0.2) is 50.7 Å². The normalized spacial score (nSPS) is 31.9. The molecule has 1 saturated heterocycles. The molecule has 0 radical (unpaired) electrons. The summed E-state index contributed by atoms with van der Waals surface area (Å²) < 4.78 is 27.0. The van der Waals surface area contributed by atoms with Crippen LogP contribution in [0, 0.1) is 29.1 Å². The number of piperidine rings is 1. The predicted octanol–water partition coefficient (Wildman–Crippen LogP) is 2.54. The van der Waals surface area contributed by atoms with Gasteiger partial charge in [-0.2, -0.15) is 4.31 Å². The van der Waals surface area contributed by atoms with Crippen molar-refractivity contribution in [1.29, 1.82) is 0 Å². The van der Waals surface area contributed by atoms with E-state index in [1.165, 1.54) is 23.6 Å². The lowest BCUT2D eigenvalue weighted by atomic mass is 9.49. The molecular formula is C25H35N3O4S. The van der Waals surface area contributed by atoms with E-state index in [0.717, 1.165) is 19.3 Å². The number of amides is 2. The van der Waals surface area contributed by atoms with Gasteiger partial charge in [-0.25, -0.2) is 8.42 Å². The van der Waals surface area contributed by atoms with Gasteiger partial charge in [0, 0.05) is 25.0 Å². The van der Waals surface area contributed by atoms with Crippen molar-refractivity contribution in [2.45, 2.75) is 56.3 Å². The van der Waals surface area contributed by atoms with Gasteiger partial charge in [-0.1, -0.05) is 18.2 Å². The number of rotatable bonds is 7. The van der Waals surface area contributed by atoms with Gasteiger partial charge < -0.3 is 10.6 Å². The standard InChI is InChI=1S/C25H35N3O4S/c29-23(17-27-24(30)25-13-19-10-20(14-25)12-21(11-19)15-25)26-16-18-6-8-28(9-7-18)33(31,32)22-4-2-1-3-5-22/h1-5,18-21H,6-17H2,(H,26,29)(H,27,30). The molecule has 1 aliphatic heterocycles. The fraction of sp³-hybridized carbons (Fsp3) is 0.680. The van der Waals surface area contributed by atoms with Crippen LogP contribution in [0.25, 0.3) is 0 Å². The maximum Gasteiger partial charge on any atom is 0.243 e. The number of hydrogen-bond donors (Lipinski definition) is 2. The van der Waals surface area contributed by atoms with Gasteiger partial charge in [0.1, 0.15) is 0 Å². The van der Waals surface area contributed by atoms with E-state index in [9.17, 15) is 18.0 Å². The lowest BCUT2D eigenvalue weighted by Gasteiger charge is -2.55. The van der Waals surface area contributed by atoms with Gasteiger partial charge in [0.2, 0.25) is 21.8 Å². The number of carbonyl (C=O) groups excluding carboxylic acids is 2. The second kappa shape index (κ2) is 9.02. The van der Waals surface area contributed by atoms with Crippen LogP contribution in [0.3, 0.4) is 0 Å². The predicted molar refractivity (Wildman–Crippen MR) is 125 cm³/mol. The molecule has 5 fully saturated rings. The third-order valence-corrected chi connectivity index (χ3v) is 10.4. The van der Waals surface area contributed by atoms with Gasteiger partial charge in [-0.05, 0) is 87.2 Å². The second-order valence-corrected chi connectivity index (χ2v) is 12.8. The Morgan fingerprint density at radius 1 is 0.909 bits per heavy atom. The first-order valence-electron chi connectivity index (χ1n) is 12.4. The Morgan fingerprint density at radius 3 is 2.06 bits per heavy atom. The van der Waals surface area contributed by atoms with Crippen LogP contribution in [0.15, 0.2) is 35.2 Å². The molecule has 0 aromatic heterocycles. The van der Waals surface area contributed by atoms with E-state index in [1.807, 2.05) is 0 Å². The Morgan fingerprint density at radius 2 is 1.48 bits per heavy atom. The summed E-state index contributed by atoms with van der Waals surface area (Å²) >= 11 is 0. The lowest BCUT2D eigenvalue weighted by molar-refractivity contribution is -0.147. The zero-order valence-corrected chi connectivity index (χ0v) is 20.0. The molecule has 6 rings (SSSR count). The monoisotopic (exact) mass is 473 g/mol. The highest BCUT2D eigenvalue weighted by molar-refractivity contribution is 7.89. The van der Waals surface area contributed by atoms with Crippen LogP contribution >= 0.6 is 0 Å². The van der Waals surface area contributed by atoms with E-state index in [1.54, 1.807) is 30.3 Å². The Labute approximate surface area is 196 Å². The van der Waals surface area contributed by atoms with E-state index in [2.05, 4.69) is 10.6 Å². The van der Waals surface area contributed by atoms with E-state index < -0.39 is 10.0 Å². The van der Waals surface area contributed by atoms with Crippen LogP contribution < -0.4 is 10.6 Å². The van der Waals surface area contributed by atoms with Crippen molar-refractivity contribution >= 4 is 21.8 Å². The van der Waals surface area contributed by atoms with Crippen LogP contribution in [0.4, 0.5) is 0 Å². The fourth-order valence-corrected chi connectivity index (χ4v) is 8.64. The molecule has 0 unspecified atom stereocenters. The summed E-state index contributed by atoms with van der Waals surface area (Å²) in [5.74, 6) is 2.27. The zero-order valence-electron chi connectivity index (χ0n) is 19.2. The highest BCUT2D eigenvalue weighted by Crippen LogP contribution is 2.60. The van der Waals surface area contributed by atoms with Crippen LogP contribution in [0.2, 0.25) is 0 Å². The average Bonchev–Trinajstić information content (AvgIpc) is 2.81. The van der Waals surface area contributed by atoms with Crippen molar-refractivity contribution in [3.8, 4) is 0 Å². The van der Waals surface area contributed by atoms with Gasteiger partial charge in [0.05, 0.1) is 11.4 Å². The molecule has 4 bridgehead atoms. The molecular weight excluding hydrogens is 438 g/mol. The minimum Gasteiger partial charge on any atom is -0.354 e. The maximum atomic E-state index is 13.0. The van der Waals surface area contributed by atoms with Crippen molar-refractivity contribution in [2.75, 3.05) is 26.2 Å². The first kappa shape index (κ1) is 22.8. The molecule has 0 atom stereocenters.